The van der Waals surface area contributed by atoms with Crippen molar-refractivity contribution in [3.05, 3.63) is 48.5 Å². The maximum Gasteiger partial charge on any atom is 0.191 e. The molecule has 2 aromatic carbocycles. The van der Waals surface area contributed by atoms with Gasteiger partial charge in [0.1, 0.15) is 0 Å². The minimum Gasteiger partial charge on any atom is -0.370 e. The number of hydrogen-bond acceptors (Lipinski definition) is 4. The quantitative estimate of drug-likeness (QED) is 0.459. The second-order valence-corrected chi connectivity index (χ2v) is 6.08. The summed E-state index contributed by atoms with van der Waals surface area (Å²) in [6.45, 7) is 3.77. The third-order valence-corrected chi connectivity index (χ3v) is 4.23. The SMILES string of the molecule is Cl.NC(N)=Nc1ccc(N2CCN(c3ccc(N=C(N)N)cc3)CC2)cc1. The van der Waals surface area contributed by atoms with E-state index in [1.54, 1.807) is 0 Å². The average Bonchev–Trinajstić information content (AvgIpc) is 2.62. The summed E-state index contributed by atoms with van der Waals surface area (Å²) in [6.07, 6.45) is 0. The van der Waals surface area contributed by atoms with E-state index in [4.69, 9.17) is 22.9 Å². The van der Waals surface area contributed by atoms with Gasteiger partial charge in [-0.05, 0) is 48.5 Å². The first kappa shape index (κ1) is 20.2. The number of halogens is 1. The van der Waals surface area contributed by atoms with Gasteiger partial charge in [0.15, 0.2) is 11.9 Å². The number of hydrogen-bond donors (Lipinski definition) is 4. The van der Waals surface area contributed by atoms with Crippen molar-refractivity contribution in [2.75, 3.05) is 36.0 Å². The molecule has 1 heterocycles. The van der Waals surface area contributed by atoms with Gasteiger partial charge in [0, 0.05) is 37.6 Å². The topological polar surface area (TPSA) is 135 Å². The van der Waals surface area contributed by atoms with Crippen LogP contribution in [0.25, 0.3) is 0 Å². The molecular formula is C18H25ClN8. The molecule has 8 N–H and O–H groups in total. The molecule has 1 saturated heterocycles. The van der Waals surface area contributed by atoms with Crippen molar-refractivity contribution in [2.24, 2.45) is 32.9 Å². The largest absolute Gasteiger partial charge is 0.370 e. The summed E-state index contributed by atoms with van der Waals surface area (Å²) in [5.74, 6) is 0.134. The Balaban J connectivity index is 0.00000261. The molecule has 0 bridgehead atoms. The van der Waals surface area contributed by atoms with Crippen molar-refractivity contribution in [2.45, 2.75) is 0 Å². The van der Waals surface area contributed by atoms with E-state index in [0.717, 1.165) is 37.6 Å². The van der Waals surface area contributed by atoms with Crippen molar-refractivity contribution in [1.82, 2.24) is 0 Å². The third kappa shape index (κ3) is 5.42. The first-order valence-corrected chi connectivity index (χ1v) is 8.40. The third-order valence-electron chi connectivity index (χ3n) is 4.23. The number of nitrogens with zero attached hydrogens (tertiary/aromatic N) is 4. The molecule has 1 aliphatic rings. The number of rotatable bonds is 4. The first-order chi connectivity index (χ1) is 12.5. The van der Waals surface area contributed by atoms with Gasteiger partial charge in [0.2, 0.25) is 0 Å². The van der Waals surface area contributed by atoms with Gasteiger partial charge in [-0.25, -0.2) is 9.98 Å². The molecule has 0 saturated carbocycles. The lowest BCUT2D eigenvalue weighted by molar-refractivity contribution is 0.653. The predicted octanol–water partition coefficient (Wildman–Crippen LogP) is 1.24. The fourth-order valence-corrected chi connectivity index (χ4v) is 3.00. The lowest BCUT2D eigenvalue weighted by atomic mass is 10.2. The summed E-state index contributed by atoms with van der Waals surface area (Å²) in [7, 11) is 0. The number of benzene rings is 2. The van der Waals surface area contributed by atoms with Crippen LogP contribution in [0.2, 0.25) is 0 Å². The molecule has 1 aliphatic heterocycles. The molecule has 0 spiro atoms. The maximum atomic E-state index is 5.40. The molecule has 0 aromatic heterocycles. The van der Waals surface area contributed by atoms with E-state index in [2.05, 4.69) is 19.8 Å². The van der Waals surface area contributed by atoms with E-state index in [9.17, 15) is 0 Å². The van der Waals surface area contributed by atoms with E-state index >= 15 is 0 Å². The van der Waals surface area contributed by atoms with Gasteiger partial charge >= 0.3 is 0 Å². The van der Waals surface area contributed by atoms with Crippen molar-refractivity contribution in [3.8, 4) is 0 Å². The van der Waals surface area contributed by atoms with Crippen LogP contribution in [0.3, 0.4) is 0 Å². The Bertz CT molecular complexity index is 716. The van der Waals surface area contributed by atoms with Gasteiger partial charge in [-0.3, -0.25) is 0 Å². The second kappa shape index (κ2) is 9.00. The van der Waals surface area contributed by atoms with Crippen LogP contribution in [0.1, 0.15) is 0 Å². The Morgan fingerprint density at radius 2 is 0.889 bits per heavy atom. The highest BCUT2D eigenvalue weighted by atomic mass is 35.5. The zero-order valence-electron chi connectivity index (χ0n) is 15.0. The maximum absolute atomic E-state index is 5.40. The van der Waals surface area contributed by atoms with Crippen LogP contribution in [-0.2, 0) is 0 Å². The monoisotopic (exact) mass is 388 g/mol. The van der Waals surface area contributed by atoms with E-state index in [1.165, 1.54) is 11.4 Å². The summed E-state index contributed by atoms with van der Waals surface area (Å²) < 4.78 is 0. The Labute approximate surface area is 164 Å². The molecule has 1 fully saturated rings. The van der Waals surface area contributed by atoms with Gasteiger partial charge in [0.25, 0.3) is 0 Å². The van der Waals surface area contributed by atoms with Gasteiger partial charge < -0.3 is 32.7 Å². The highest BCUT2D eigenvalue weighted by Gasteiger charge is 2.17. The number of anilines is 2. The van der Waals surface area contributed by atoms with E-state index in [1.807, 2.05) is 48.5 Å². The van der Waals surface area contributed by atoms with Crippen molar-refractivity contribution in [3.63, 3.8) is 0 Å². The normalized spacial score (nSPS) is 13.5. The molecule has 0 aliphatic carbocycles. The van der Waals surface area contributed by atoms with E-state index in [0.29, 0.717) is 0 Å². The van der Waals surface area contributed by atoms with Crippen LogP contribution in [0.15, 0.2) is 58.5 Å². The molecule has 3 rings (SSSR count). The molecule has 9 heteroatoms. The van der Waals surface area contributed by atoms with E-state index in [-0.39, 0.29) is 24.3 Å². The van der Waals surface area contributed by atoms with Crippen molar-refractivity contribution >= 4 is 47.1 Å². The van der Waals surface area contributed by atoms with Crippen molar-refractivity contribution in [1.29, 1.82) is 0 Å². The highest BCUT2D eigenvalue weighted by molar-refractivity contribution is 5.85. The smallest absolute Gasteiger partial charge is 0.191 e. The number of nitrogens with two attached hydrogens (primary N) is 4. The lowest BCUT2D eigenvalue weighted by Crippen LogP contribution is -2.46. The Morgan fingerprint density at radius 3 is 1.15 bits per heavy atom. The highest BCUT2D eigenvalue weighted by Crippen LogP contribution is 2.24. The summed E-state index contributed by atoms with van der Waals surface area (Å²) in [5, 5.41) is 0. The standard InChI is InChI=1S/C18H24N8.ClH/c19-17(20)23-13-1-5-15(6-2-13)25-9-11-26(12-10-25)16-7-3-14(4-8-16)24-18(21)22;/h1-8H,9-12H2,(H4,19,20,23)(H4,21,22,24);1H. The van der Waals surface area contributed by atoms with Crippen LogP contribution in [0.4, 0.5) is 22.7 Å². The van der Waals surface area contributed by atoms with E-state index < -0.39 is 0 Å². The van der Waals surface area contributed by atoms with Gasteiger partial charge in [-0.2, -0.15) is 0 Å². The molecule has 0 unspecified atom stereocenters. The van der Waals surface area contributed by atoms with Crippen LogP contribution in [0, 0.1) is 0 Å². The van der Waals surface area contributed by atoms with Crippen LogP contribution < -0.4 is 32.7 Å². The first-order valence-electron chi connectivity index (χ1n) is 8.40. The molecule has 0 atom stereocenters. The summed E-state index contributed by atoms with van der Waals surface area (Å²) in [5.41, 5.74) is 25.5. The summed E-state index contributed by atoms with van der Waals surface area (Å²) in [4.78, 5) is 12.8. The lowest BCUT2D eigenvalue weighted by Gasteiger charge is -2.37. The van der Waals surface area contributed by atoms with Gasteiger partial charge in [0.05, 0.1) is 11.4 Å². The Morgan fingerprint density at radius 1 is 0.593 bits per heavy atom. The fraction of sp³-hybridized carbons (Fsp3) is 0.222. The molecule has 8 nitrogen and oxygen atoms in total. The van der Waals surface area contributed by atoms with Gasteiger partial charge in [-0.15, -0.1) is 12.4 Å². The number of aliphatic imine (C=N–C) groups is 2. The average molecular weight is 389 g/mol. The summed E-state index contributed by atoms with van der Waals surface area (Å²) >= 11 is 0. The number of piperazine rings is 1. The van der Waals surface area contributed by atoms with Crippen molar-refractivity contribution < 1.29 is 0 Å². The molecule has 2 aromatic rings. The predicted molar refractivity (Wildman–Crippen MR) is 115 cm³/mol. The second-order valence-electron chi connectivity index (χ2n) is 6.08. The molecular weight excluding hydrogens is 364 g/mol. The minimum atomic E-state index is 0. The minimum absolute atomic E-state index is 0. The van der Waals surface area contributed by atoms with Crippen LogP contribution >= 0.6 is 12.4 Å². The Kier molecular flexibility index (Phi) is 6.73. The summed E-state index contributed by atoms with van der Waals surface area (Å²) in [6, 6.07) is 15.9. The molecule has 27 heavy (non-hydrogen) atoms. The van der Waals surface area contributed by atoms with Crippen LogP contribution in [0.5, 0.6) is 0 Å². The molecule has 144 valence electrons. The zero-order valence-corrected chi connectivity index (χ0v) is 15.8. The fourth-order valence-electron chi connectivity index (χ4n) is 3.00. The number of guanidine groups is 2. The zero-order chi connectivity index (χ0) is 18.5. The van der Waals surface area contributed by atoms with Gasteiger partial charge in [-0.1, -0.05) is 0 Å². The van der Waals surface area contributed by atoms with Crippen LogP contribution in [-0.4, -0.2) is 38.1 Å². The molecule has 0 radical (unpaired) electrons. The Hall–Kier alpha value is -3.13. The molecule has 0 amide bonds.